The molecule has 0 saturated heterocycles. The first-order valence-electron chi connectivity index (χ1n) is 11.2. The number of nitrogens with two attached hydrogens (primary N) is 1. The summed E-state index contributed by atoms with van der Waals surface area (Å²) >= 11 is 1.61. The van der Waals surface area contributed by atoms with Crippen LogP contribution in [-0.2, 0) is 4.79 Å². The quantitative estimate of drug-likeness (QED) is 0.111. The molecular formula is C29H25N3O2S. The molecule has 0 fully saturated rings. The monoisotopic (exact) mass is 479 g/mol. The summed E-state index contributed by atoms with van der Waals surface area (Å²) in [6.45, 7) is 2.13. The molecule has 0 saturated carbocycles. The zero-order valence-corrected chi connectivity index (χ0v) is 20.0. The van der Waals surface area contributed by atoms with Crippen LogP contribution >= 0.6 is 11.3 Å². The van der Waals surface area contributed by atoms with Gasteiger partial charge in [0, 0.05) is 40.7 Å². The summed E-state index contributed by atoms with van der Waals surface area (Å²) in [6, 6.07) is 21.9. The third-order valence-electron chi connectivity index (χ3n) is 5.69. The lowest BCUT2D eigenvalue weighted by molar-refractivity contribution is -0.131. The van der Waals surface area contributed by atoms with Crippen molar-refractivity contribution in [3.8, 4) is 10.6 Å². The molecule has 0 atom stereocenters. The van der Waals surface area contributed by atoms with E-state index >= 15 is 0 Å². The number of carboxylic acids is 1. The molecule has 0 aliphatic heterocycles. The number of nitrogen functional groups attached to an aromatic ring is 1. The summed E-state index contributed by atoms with van der Waals surface area (Å²) in [7, 11) is 0. The molecule has 4 N–H and O–H groups in total. The van der Waals surface area contributed by atoms with Crippen LogP contribution in [0.15, 0.2) is 84.4 Å². The number of aromatic nitrogens is 1. The summed E-state index contributed by atoms with van der Waals surface area (Å²) < 4.78 is 0. The zero-order chi connectivity index (χ0) is 24.8. The van der Waals surface area contributed by atoms with Crippen molar-refractivity contribution in [2.24, 2.45) is 0 Å². The molecule has 4 aromatic rings. The highest BCUT2D eigenvalue weighted by Crippen LogP contribution is 2.37. The Kier molecular flexibility index (Phi) is 7.33. The van der Waals surface area contributed by atoms with E-state index in [9.17, 15) is 4.79 Å². The van der Waals surface area contributed by atoms with Gasteiger partial charge < -0.3 is 16.2 Å². The Bertz CT molecular complexity index is 1420. The fraction of sp³-hybridized carbons (Fsp3) is 0.0690. The summed E-state index contributed by atoms with van der Waals surface area (Å²) in [5.41, 5.74) is 14.4. The normalized spacial score (nSPS) is 11.9. The second-order valence-corrected chi connectivity index (χ2v) is 8.80. The van der Waals surface area contributed by atoms with Gasteiger partial charge in [0.2, 0.25) is 0 Å². The number of hydrogen-bond acceptors (Lipinski definition) is 5. The summed E-state index contributed by atoms with van der Waals surface area (Å²) in [5.74, 6) is -0.982. The molecule has 1 heterocycles. The van der Waals surface area contributed by atoms with E-state index < -0.39 is 5.97 Å². The number of aliphatic carboxylic acids is 1. The molecule has 4 rings (SSSR count). The minimum Gasteiger partial charge on any atom is -0.478 e. The maximum atomic E-state index is 10.9. The van der Waals surface area contributed by atoms with Crippen LogP contribution in [0.25, 0.3) is 27.8 Å². The lowest BCUT2D eigenvalue weighted by atomic mass is 9.86. The number of allylic oxidation sites excluding steroid dienone is 1. The number of thiazole rings is 1. The second kappa shape index (κ2) is 10.8. The van der Waals surface area contributed by atoms with E-state index in [0.717, 1.165) is 56.5 Å². The summed E-state index contributed by atoms with van der Waals surface area (Å²) in [5, 5.41) is 19.7. The Labute approximate surface area is 208 Å². The largest absolute Gasteiger partial charge is 0.478 e. The van der Waals surface area contributed by atoms with Gasteiger partial charge in [0.25, 0.3) is 0 Å². The number of benzene rings is 3. The average Bonchev–Trinajstić information content (AvgIpc) is 3.42. The van der Waals surface area contributed by atoms with E-state index in [1.54, 1.807) is 17.4 Å². The molecule has 5 nitrogen and oxygen atoms in total. The lowest BCUT2D eigenvalue weighted by Crippen LogP contribution is -1.99. The molecule has 35 heavy (non-hydrogen) atoms. The Morgan fingerprint density at radius 1 is 1.06 bits per heavy atom. The summed E-state index contributed by atoms with van der Waals surface area (Å²) in [4.78, 5) is 15.4. The molecule has 6 heteroatoms. The lowest BCUT2D eigenvalue weighted by Gasteiger charge is -2.18. The van der Waals surface area contributed by atoms with Gasteiger partial charge in [0.15, 0.2) is 0 Å². The summed E-state index contributed by atoms with van der Waals surface area (Å²) in [6.07, 6.45) is 6.56. The van der Waals surface area contributed by atoms with E-state index in [2.05, 4.69) is 30.1 Å². The second-order valence-electron chi connectivity index (χ2n) is 7.91. The van der Waals surface area contributed by atoms with E-state index in [4.69, 9.17) is 16.2 Å². The first kappa shape index (κ1) is 23.9. The molecule has 0 aliphatic carbocycles. The highest BCUT2D eigenvalue weighted by atomic mass is 32.1. The van der Waals surface area contributed by atoms with Crippen LogP contribution < -0.4 is 5.73 Å². The van der Waals surface area contributed by atoms with Crippen molar-refractivity contribution in [1.29, 1.82) is 5.41 Å². The molecule has 1 aromatic heterocycles. The molecule has 0 aliphatic rings. The van der Waals surface area contributed by atoms with Crippen molar-refractivity contribution in [1.82, 2.24) is 4.98 Å². The van der Waals surface area contributed by atoms with Crippen LogP contribution in [0.3, 0.4) is 0 Å². The van der Waals surface area contributed by atoms with Crippen LogP contribution in [0.2, 0.25) is 0 Å². The van der Waals surface area contributed by atoms with Gasteiger partial charge in [0.05, 0.1) is 0 Å². The molecule has 0 spiro atoms. The van der Waals surface area contributed by atoms with Gasteiger partial charge in [-0.1, -0.05) is 55.5 Å². The SMILES string of the molecule is CC/C(=C(/c1ccc(/C=C/C(=O)O)cc1)c1ccc(N)c(C=N)c1)c1cccc(-c2nccs2)c1. The van der Waals surface area contributed by atoms with E-state index in [0.29, 0.717) is 11.3 Å². The molecule has 174 valence electrons. The van der Waals surface area contributed by atoms with Gasteiger partial charge in [0.1, 0.15) is 5.01 Å². The smallest absolute Gasteiger partial charge is 0.328 e. The van der Waals surface area contributed by atoms with Crippen molar-refractivity contribution in [2.45, 2.75) is 13.3 Å². The van der Waals surface area contributed by atoms with Gasteiger partial charge in [-0.15, -0.1) is 11.3 Å². The van der Waals surface area contributed by atoms with E-state index in [-0.39, 0.29) is 0 Å². The van der Waals surface area contributed by atoms with Crippen molar-refractivity contribution in [2.75, 3.05) is 5.73 Å². The van der Waals surface area contributed by atoms with Crippen LogP contribution in [0, 0.1) is 5.41 Å². The van der Waals surface area contributed by atoms with Gasteiger partial charge in [-0.2, -0.15) is 0 Å². The first-order valence-corrected chi connectivity index (χ1v) is 12.0. The number of nitrogens with one attached hydrogen (secondary N) is 1. The van der Waals surface area contributed by atoms with Crippen molar-refractivity contribution < 1.29 is 9.90 Å². The average molecular weight is 480 g/mol. The van der Waals surface area contributed by atoms with Crippen LogP contribution in [-0.4, -0.2) is 22.3 Å². The molecular weight excluding hydrogens is 454 g/mol. The third kappa shape index (κ3) is 5.45. The maximum absolute atomic E-state index is 10.9. The number of hydrogen-bond donors (Lipinski definition) is 3. The number of carbonyl (C=O) groups is 1. The zero-order valence-electron chi connectivity index (χ0n) is 19.2. The molecule has 0 unspecified atom stereocenters. The van der Waals surface area contributed by atoms with Gasteiger partial charge in [-0.05, 0) is 64.1 Å². The molecule has 0 bridgehead atoms. The predicted octanol–water partition coefficient (Wildman–Crippen LogP) is 6.86. The Hall–Kier alpha value is -4.29. The highest BCUT2D eigenvalue weighted by molar-refractivity contribution is 7.13. The topological polar surface area (TPSA) is 100 Å². The molecule has 0 radical (unpaired) electrons. The van der Waals surface area contributed by atoms with Crippen molar-refractivity contribution in [3.63, 3.8) is 0 Å². The van der Waals surface area contributed by atoms with Crippen molar-refractivity contribution >= 4 is 46.4 Å². The van der Waals surface area contributed by atoms with Gasteiger partial charge in [-0.3, -0.25) is 0 Å². The highest BCUT2D eigenvalue weighted by Gasteiger charge is 2.15. The third-order valence-corrected chi connectivity index (χ3v) is 6.52. The number of rotatable bonds is 8. The van der Waals surface area contributed by atoms with E-state index in [1.807, 2.05) is 60.1 Å². The minimum atomic E-state index is -0.982. The first-order chi connectivity index (χ1) is 17.0. The fourth-order valence-corrected chi connectivity index (χ4v) is 4.67. The van der Waals surface area contributed by atoms with Crippen molar-refractivity contribution in [3.05, 3.63) is 112 Å². The Morgan fingerprint density at radius 3 is 2.49 bits per heavy atom. The van der Waals surface area contributed by atoms with Crippen LogP contribution in [0.5, 0.6) is 0 Å². The van der Waals surface area contributed by atoms with E-state index in [1.165, 1.54) is 6.21 Å². The molecule has 0 amide bonds. The molecule has 3 aromatic carbocycles. The standard InChI is InChI=1S/C29H25N3O2S/c1-2-25(21-4-3-5-23(16-21)29-32-14-15-35-29)28(22-11-12-26(31)24(17-22)18-30)20-9-6-19(7-10-20)8-13-27(33)34/h3-18,30H,2,31H2,1H3,(H,33,34)/b13-8+,28-25+,30-18?. The minimum absolute atomic E-state index is 0.557. The Balaban J connectivity index is 1.92. The Morgan fingerprint density at radius 2 is 1.83 bits per heavy atom. The maximum Gasteiger partial charge on any atom is 0.328 e. The van der Waals surface area contributed by atoms with Crippen LogP contribution in [0.1, 0.15) is 41.2 Å². The number of nitrogens with zero attached hydrogens (tertiary/aromatic N) is 1. The number of anilines is 1. The predicted molar refractivity (Wildman–Crippen MR) is 146 cm³/mol. The number of carboxylic acid groups (broad SMARTS) is 1. The fourth-order valence-electron chi connectivity index (χ4n) is 4.03. The van der Waals surface area contributed by atoms with Gasteiger partial charge in [-0.25, -0.2) is 9.78 Å². The van der Waals surface area contributed by atoms with Gasteiger partial charge >= 0.3 is 5.97 Å². The van der Waals surface area contributed by atoms with Crippen LogP contribution in [0.4, 0.5) is 5.69 Å².